The quantitative estimate of drug-likeness (QED) is 0.625. The molecule has 0 bridgehead atoms. The van der Waals surface area contributed by atoms with Crippen LogP contribution in [0.5, 0.6) is 0 Å². The molecular formula is C11H7Cl4NO. The maximum Gasteiger partial charge on any atom is 0.125 e. The lowest BCUT2D eigenvalue weighted by Crippen LogP contribution is -1.96. The molecule has 17 heavy (non-hydrogen) atoms. The highest BCUT2D eigenvalue weighted by molar-refractivity contribution is 6.51. The minimum absolute atomic E-state index is 0.245. The molecule has 2 N–H and O–H groups in total. The van der Waals surface area contributed by atoms with E-state index in [0.717, 1.165) is 5.56 Å². The lowest BCUT2D eigenvalue weighted by molar-refractivity contribution is 0.513. The van der Waals surface area contributed by atoms with Gasteiger partial charge in [0, 0.05) is 11.1 Å². The molecule has 0 aliphatic carbocycles. The average Bonchev–Trinajstić information content (AvgIpc) is 2.74. The Morgan fingerprint density at radius 2 is 1.76 bits per heavy atom. The van der Waals surface area contributed by atoms with Gasteiger partial charge in [-0.25, -0.2) is 0 Å². The van der Waals surface area contributed by atoms with Gasteiger partial charge in [-0.1, -0.05) is 46.4 Å². The van der Waals surface area contributed by atoms with Gasteiger partial charge in [0.05, 0.1) is 32.9 Å². The second-order valence-corrected chi connectivity index (χ2v) is 4.88. The number of rotatable bonds is 2. The summed E-state index contributed by atoms with van der Waals surface area (Å²) in [5.41, 5.74) is 6.87. The van der Waals surface area contributed by atoms with E-state index in [0.29, 0.717) is 26.4 Å². The van der Waals surface area contributed by atoms with Gasteiger partial charge in [0.1, 0.15) is 5.76 Å². The van der Waals surface area contributed by atoms with Crippen molar-refractivity contribution in [2.75, 3.05) is 0 Å². The Bertz CT molecular complexity index is 565. The molecule has 0 atom stereocenters. The van der Waals surface area contributed by atoms with E-state index in [9.17, 15) is 0 Å². The second kappa shape index (κ2) is 5.09. The Hall–Kier alpha value is -0.380. The lowest BCUT2D eigenvalue weighted by atomic mass is 10.1. The van der Waals surface area contributed by atoms with Crippen LogP contribution in [0.3, 0.4) is 0 Å². The van der Waals surface area contributed by atoms with Gasteiger partial charge < -0.3 is 10.2 Å². The lowest BCUT2D eigenvalue weighted by Gasteiger charge is -2.09. The summed E-state index contributed by atoms with van der Waals surface area (Å²) in [4.78, 5) is 0. The topological polar surface area (TPSA) is 39.2 Å². The molecule has 90 valence electrons. The number of nitrogens with two attached hydrogens (primary N) is 1. The molecule has 0 spiro atoms. The number of hydrogen-bond donors (Lipinski definition) is 1. The molecule has 0 saturated carbocycles. The average molecular weight is 311 g/mol. The summed E-state index contributed by atoms with van der Waals surface area (Å²) in [6.45, 7) is 0.245. The number of benzene rings is 1. The predicted octanol–water partition coefficient (Wildman–Crippen LogP) is 5.02. The summed E-state index contributed by atoms with van der Waals surface area (Å²) in [5.74, 6) is 0.590. The fourth-order valence-electron chi connectivity index (χ4n) is 1.53. The van der Waals surface area contributed by atoms with Crippen molar-refractivity contribution < 1.29 is 4.42 Å². The van der Waals surface area contributed by atoms with Crippen LogP contribution in [0.15, 0.2) is 22.8 Å². The first-order chi connectivity index (χ1) is 8.06. The highest BCUT2D eigenvalue weighted by Crippen LogP contribution is 2.44. The highest BCUT2D eigenvalue weighted by Gasteiger charge is 2.18. The van der Waals surface area contributed by atoms with E-state index in [2.05, 4.69) is 0 Å². The van der Waals surface area contributed by atoms with Crippen LogP contribution < -0.4 is 5.73 Å². The van der Waals surface area contributed by atoms with Crippen LogP contribution in [0.2, 0.25) is 20.1 Å². The number of halogens is 4. The van der Waals surface area contributed by atoms with E-state index < -0.39 is 0 Å². The molecule has 0 radical (unpaired) electrons. The molecule has 0 amide bonds. The van der Waals surface area contributed by atoms with Gasteiger partial charge in [-0.2, -0.15) is 0 Å². The molecule has 0 fully saturated rings. The number of furan rings is 1. The van der Waals surface area contributed by atoms with E-state index in [1.165, 1.54) is 6.26 Å². The first kappa shape index (κ1) is 13.1. The second-order valence-electron chi connectivity index (χ2n) is 3.30. The molecule has 6 heteroatoms. The molecule has 0 saturated heterocycles. The van der Waals surface area contributed by atoms with Crippen LogP contribution >= 0.6 is 46.4 Å². The molecule has 0 aliphatic heterocycles. The van der Waals surface area contributed by atoms with Gasteiger partial charge >= 0.3 is 0 Å². The Balaban J connectivity index is 2.72. The van der Waals surface area contributed by atoms with Crippen molar-refractivity contribution in [1.29, 1.82) is 0 Å². The van der Waals surface area contributed by atoms with Crippen LogP contribution in [0.1, 0.15) is 5.76 Å². The number of hydrogen-bond acceptors (Lipinski definition) is 2. The normalized spacial score (nSPS) is 10.9. The monoisotopic (exact) mass is 309 g/mol. The third-order valence-corrected chi connectivity index (χ3v) is 3.87. The zero-order chi connectivity index (χ0) is 12.6. The molecular weight excluding hydrogens is 304 g/mol. The van der Waals surface area contributed by atoms with Crippen molar-refractivity contribution in [2.24, 2.45) is 5.73 Å². The molecule has 1 aromatic carbocycles. The first-order valence-corrected chi connectivity index (χ1v) is 6.17. The molecule has 0 unspecified atom stereocenters. The van der Waals surface area contributed by atoms with Gasteiger partial charge in [-0.3, -0.25) is 0 Å². The summed E-state index contributed by atoms with van der Waals surface area (Å²) in [6.07, 6.45) is 1.52. The van der Waals surface area contributed by atoms with Crippen molar-refractivity contribution >= 4 is 46.4 Å². The maximum atomic E-state index is 6.14. The van der Waals surface area contributed by atoms with Crippen molar-refractivity contribution in [2.45, 2.75) is 6.54 Å². The Morgan fingerprint density at radius 1 is 1.06 bits per heavy atom. The predicted molar refractivity (Wildman–Crippen MR) is 72.1 cm³/mol. The Kier molecular flexibility index (Phi) is 3.91. The third-order valence-electron chi connectivity index (χ3n) is 2.31. The standard InChI is InChI=1S/C11H7Cl4NO/c12-6-3-7(13)10(14)11(15)9(6)5-1-2-17-8(5)4-16/h1-3H,4,16H2. The van der Waals surface area contributed by atoms with Crippen molar-refractivity contribution in [3.63, 3.8) is 0 Å². The van der Waals surface area contributed by atoms with Gasteiger partial charge in [0.15, 0.2) is 0 Å². The zero-order valence-corrected chi connectivity index (χ0v) is 11.5. The molecule has 1 heterocycles. The summed E-state index contributed by atoms with van der Waals surface area (Å²) >= 11 is 24.1. The minimum Gasteiger partial charge on any atom is -0.467 e. The molecule has 1 aromatic heterocycles. The molecule has 2 rings (SSSR count). The summed E-state index contributed by atoms with van der Waals surface area (Å²) in [5, 5.41) is 1.26. The maximum absolute atomic E-state index is 6.14. The summed E-state index contributed by atoms with van der Waals surface area (Å²) < 4.78 is 5.23. The summed E-state index contributed by atoms with van der Waals surface area (Å²) in [6, 6.07) is 3.28. The van der Waals surface area contributed by atoms with Gasteiger partial charge in [0.2, 0.25) is 0 Å². The van der Waals surface area contributed by atoms with E-state index in [-0.39, 0.29) is 11.6 Å². The largest absolute Gasteiger partial charge is 0.467 e. The van der Waals surface area contributed by atoms with Gasteiger partial charge in [-0.05, 0) is 12.1 Å². The van der Waals surface area contributed by atoms with Crippen LogP contribution in [0.25, 0.3) is 11.1 Å². The Morgan fingerprint density at radius 3 is 2.41 bits per heavy atom. The van der Waals surface area contributed by atoms with Crippen molar-refractivity contribution in [3.05, 3.63) is 44.2 Å². The van der Waals surface area contributed by atoms with E-state index in [4.69, 9.17) is 56.6 Å². The minimum atomic E-state index is 0.245. The first-order valence-electron chi connectivity index (χ1n) is 4.66. The fraction of sp³-hybridized carbons (Fsp3) is 0.0909. The highest BCUT2D eigenvalue weighted by atomic mass is 35.5. The van der Waals surface area contributed by atoms with E-state index >= 15 is 0 Å². The van der Waals surface area contributed by atoms with Crippen molar-refractivity contribution in [1.82, 2.24) is 0 Å². The summed E-state index contributed by atoms with van der Waals surface area (Å²) in [7, 11) is 0. The zero-order valence-electron chi connectivity index (χ0n) is 8.44. The molecule has 0 aliphatic rings. The SMILES string of the molecule is NCc1occc1-c1c(Cl)cc(Cl)c(Cl)c1Cl. The fourth-order valence-corrected chi connectivity index (χ4v) is 2.65. The van der Waals surface area contributed by atoms with Crippen LogP contribution in [0.4, 0.5) is 0 Å². The van der Waals surface area contributed by atoms with Crippen LogP contribution in [-0.2, 0) is 6.54 Å². The van der Waals surface area contributed by atoms with Gasteiger partial charge in [-0.15, -0.1) is 0 Å². The van der Waals surface area contributed by atoms with Crippen molar-refractivity contribution in [3.8, 4) is 11.1 Å². The van der Waals surface area contributed by atoms with Crippen LogP contribution in [0, 0.1) is 0 Å². The smallest absolute Gasteiger partial charge is 0.125 e. The van der Waals surface area contributed by atoms with Gasteiger partial charge in [0.25, 0.3) is 0 Å². The third kappa shape index (κ3) is 2.28. The van der Waals surface area contributed by atoms with E-state index in [1.807, 2.05) is 0 Å². The molecule has 2 nitrogen and oxygen atoms in total. The van der Waals surface area contributed by atoms with E-state index in [1.54, 1.807) is 12.1 Å². The Labute approximate surface area is 118 Å². The molecule has 2 aromatic rings. The van der Waals surface area contributed by atoms with Crippen LogP contribution in [-0.4, -0.2) is 0 Å².